The van der Waals surface area contributed by atoms with Crippen LogP contribution in [0.15, 0.2) is 12.2 Å². The summed E-state index contributed by atoms with van der Waals surface area (Å²) in [5.41, 5.74) is 0.500. The quantitative estimate of drug-likeness (QED) is 0.515. The van der Waals surface area contributed by atoms with E-state index in [1.54, 1.807) is 0 Å². The molecular weight excluding hydrogens is 168 g/mol. The highest BCUT2D eigenvalue weighted by atomic mass is 14.0. The molecule has 0 aromatic carbocycles. The second-order valence-electron chi connectivity index (χ2n) is 5.29. The van der Waals surface area contributed by atoms with Gasteiger partial charge in [0.05, 0.1) is 0 Å². The van der Waals surface area contributed by atoms with Crippen LogP contribution in [-0.2, 0) is 0 Å². The van der Waals surface area contributed by atoms with Crippen LogP contribution in [0.1, 0.15) is 70.1 Å². The Hall–Kier alpha value is -0.260. The fourth-order valence-corrected chi connectivity index (χ4v) is 0.486. The topological polar surface area (TPSA) is 0 Å². The van der Waals surface area contributed by atoms with Crippen molar-refractivity contribution in [3.05, 3.63) is 12.2 Å². The summed E-state index contributed by atoms with van der Waals surface area (Å²) in [5.74, 6) is -0.286. The highest BCUT2D eigenvalue weighted by Crippen LogP contribution is 2.08. The van der Waals surface area contributed by atoms with Crippen LogP contribution in [0.25, 0.3) is 0 Å². The highest BCUT2D eigenvalue weighted by molar-refractivity contribution is 4.80. The van der Waals surface area contributed by atoms with E-state index in [-0.39, 0.29) is 13.3 Å². The Labute approximate surface area is 94.2 Å². The third-order valence-corrected chi connectivity index (χ3v) is 0.928. The van der Waals surface area contributed by atoms with Gasteiger partial charge in [-0.15, -0.1) is 0 Å². The van der Waals surface area contributed by atoms with E-state index in [9.17, 15) is 0 Å². The van der Waals surface area contributed by atoms with Crippen molar-refractivity contribution in [2.75, 3.05) is 0 Å². The van der Waals surface area contributed by atoms with Crippen LogP contribution in [0, 0.1) is 11.3 Å². The molecule has 14 heavy (non-hydrogen) atoms. The second-order valence-corrected chi connectivity index (χ2v) is 5.29. The second kappa shape index (κ2) is 10.8. The average Bonchev–Trinajstić information content (AvgIpc) is 1.80. The molecule has 88 valence electrons. The first-order valence-corrected chi connectivity index (χ1v) is 5.21. The first-order valence-electron chi connectivity index (χ1n) is 5.71. The summed E-state index contributed by atoms with van der Waals surface area (Å²) in [4.78, 5) is 0. The van der Waals surface area contributed by atoms with Gasteiger partial charge >= 0.3 is 0 Å². The molecule has 0 spiro atoms. The van der Waals surface area contributed by atoms with Gasteiger partial charge in [-0.25, -0.2) is 0 Å². The maximum Gasteiger partial charge on any atom is 0.0300 e. The molecule has 0 aliphatic carbocycles. The van der Waals surface area contributed by atoms with Crippen molar-refractivity contribution in [1.29, 1.82) is 0 Å². The first-order chi connectivity index (χ1) is 6.06. The Kier molecular flexibility index (Phi) is 12.5. The van der Waals surface area contributed by atoms with Crippen LogP contribution in [0.5, 0.6) is 0 Å². The van der Waals surface area contributed by atoms with Gasteiger partial charge in [0.25, 0.3) is 0 Å². The van der Waals surface area contributed by atoms with E-state index in [2.05, 4.69) is 46.8 Å². The van der Waals surface area contributed by atoms with Crippen LogP contribution in [-0.4, -0.2) is 0 Å². The Bertz CT molecular complexity index is 138. The van der Waals surface area contributed by atoms with E-state index in [0.29, 0.717) is 5.41 Å². The van der Waals surface area contributed by atoms with E-state index in [4.69, 9.17) is 1.37 Å². The van der Waals surface area contributed by atoms with Gasteiger partial charge in [0.15, 0.2) is 0 Å². The van der Waals surface area contributed by atoms with E-state index < -0.39 is 0 Å². The maximum atomic E-state index is 7.46. The SMILES string of the molecule is C.CC(C)(C)C.[2H]C(C)(C)CC=CCC. The number of hydrogen-bond acceptors (Lipinski definition) is 0. The van der Waals surface area contributed by atoms with Gasteiger partial charge in [-0.1, -0.05) is 68.0 Å². The van der Waals surface area contributed by atoms with Crippen LogP contribution < -0.4 is 0 Å². The molecule has 0 bridgehead atoms. The normalized spacial score (nSPS) is 12.6. The van der Waals surface area contributed by atoms with Gasteiger partial charge in [-0.05, 0) is 24.2 Å². The molecular formula is C14H32. The molecule has 0 fully saturated rings. The molecule has 0 atom stereocenters. The summed E-state index contributed by atoms with van der Waals surface area (Å²) in [7, 11) is 0. The van der Waals surface area contributed by atoms with Gasteiger partial charge in [0, 0.05) is 1.37 Å². The number of hydrogen-bond donors (Lipinski definition) is 0. The lowest BCUT2D eigenvalue weighted by Gasteiger charge is -2.05. The summed E-state index contributed by atoms with van der Waals surface area (Å²) in [6, 6.07) is 0. The smallest absolute Gasteiger partial charge is 0.0300 e. The number of allylic oxidation sites excluding steroid dienone is 2. The predicted molar refractivity (Wildman–Crippen MR) is 70.7 cm³/mol. The monoisotopic (exact) mass is 201 g/mol. The van der Waals surface area contributed by atoms with Crippen LogP contribution >= 0.6 is 0 Å². The lowest BCUT2D eigenvalue weighted by atomic mass is 10.0. The standard InChI is InChI=1S/C8H16.C5H12.CH4/c1-4-5-6-7-8(2)3;1-5(2,3)4;/h5-6,8H,4,7H2,1-3H3;1-4H3;1H4/i8D;;. The lowest BCUT2D eigenvalue weighted by molar-refractivity contribution is 0.469. The average molecular weight is 201 g/mol. The summed E-state index contributed by atoms with van der Waals surface area (Å²) < 4.78 is 7.46. The molecule has 0 radical (unpaired) electrons. The van der Waals surface area contributed by atoms with Crippen molar-refractivity contribution < 1.29 is 1.37 Å². The fourth-order valence-electron chi connectivity index (χ4n) is 0.486. The molecule has 0 saturated carbocycles. The molecule has 0 aromatic heterocycles. The van der Waals surface area contributed by atoms with Gasteiger partial charge in [-0.2, -0.15) is 0 Å². The Morgan fingerprint density at radius 1 is 1.14 bits per heavy atom. The Morgan fingerprint density at radius 2 is 1.50 bits per heavy atom. The van der Waals surface area contributed by atoms with Crippen LogP contribution in [0.2, 0.25) is 0 Å². The number of rotatable bonds is 3. The third kappa shape index (κ3) is 60.3. The van der Waals surface area contributed by atoms with Gasteiger partial charge in [0.1, 0.15) is 0 Å². The van der Waals surface area contributed by atoms with Gasteiger partial charge < -0.3 is 0 Å². The third-order valence-electron chi connectivity index (χ3n) is 0.928. The Balaban J connectivity index is -0.000000208. The largest absolute Gasteiger partial charge is 0.0888 e. The molecule has 0 amide bonds. The van der Waals surface area contributed by atoms with Crippen molar-refractivity contribution in [2.45, 2.75) is 68.7 Å². The minimum Gasteiger partial charge on any atom is -0.0888 e. The van der Waals surface area contributed by atoms with Crippen molar-refractivity contribution in [3.63, 3.8) is 0 Å². The summed E-state index contributed by atoms with van der Waals surface area (Å²) in [6.45, 7) is 14.7. The van der Waals surface area contributed by atoms with E-state index in [0.717, 1.165) is 12.8 Å². The van der Waals surface area contributed by atoms with Gasteiger partial charge in [-0.3, -0.25) is 0 Å². The zero-order chi connectivity index (χ0) is 11.8. The van der Waals surface area contributed by atoms with E-state index in [1.807, 2.05) is 13.8 Å². The van der Waals surface area contributed by atoms with E-state index in [1.165, 1.54) is 0 Å². The van der Waals surface area contributed by atoms with Crippen molar-refractivity contribution in [2.24, 2.45) is 11.3 Å². The van der Waals surface area contributed by atoms with Gasteiger partial charge in [0.2, 0.25) is 0 Å². The van der Waals surface area contributed by atoms with Crippen molar-refractivity contribution >= 4 is 0 Å². The van der Waals surface area contributed by atoms with Crippen LogP contribution in [0.3, 0.4) is 0 Å². The Morgan fingerprint density at radius 3 is 1.71 bits per heavy atom. The molecule has 0 aliphatic heterocycles. The van der Waals surface area contributed by atoms with Crippen molar-refractivity contribution in [3.8, 4) is 0 Å². The maximum absolute atomic E-state index is 7.46. The molecule has 0 aromatic rings. The highest BCUT2D eigenvalue weighted by Gasteiger charge is 1.95. The molecule has 0 heterocycles. The van der Waals surface area contributed by atoms with Crippen molar-refractivity contribution in [1.82, 2.24) is 0 Å². The predicted octanol–water partition coefficient (Wildman–Crippen LogP) is 5.69. The van der Waals surface area contributed by atoms with E-state index >= 15 is 0 Å². The summed E-state index contributed by atoms with van der Waals surface area (Å²) in [6.07, 6.45) is 6.13. The minimum atomic E-state index is -0.286. The molecule has 0 N–H and O–H groups in total. The zero-order valence-corrected chi connectivity index (χ0v) is 10.6. The zero-order valence-electron chi connectivity index (χ0n) is 11.6. The molecule has 0 nitrogen and oxygen atoms in total. The first kappa shape index (κ1) is 16.2. The molecule has 0 rings (SSSR count). The molecule has 0 unspecified atom stereocenters. The minimum absolute atomic E-state index is 0. The molecule has 0 aliphatic rings. The molecule has 0 saturated heterocycles. The summed E-state index contributed by atoms with van der Waals surface area (Å²) >= 11 is 0. The lowest BCUT2D eigenvalue weighted by Crippen LogP contribution is -1.93. The molecule has 0 heteroatoms. The summed E-state index contributed by atoms with van der Waals surface area (Å²) in [5, 5.41) is 0. The fraction of sp³-hybridized carbons (Fsp3) is 0.857. The van der Waals surface area contributed by atoms with Crippen LogP contribution in [0.4, 0.5) is 0 Å².